The molecule has 1 saturated heterocycles. The summed E-state index contributed by atoms with van der Waals surface area (Å²) in [6.07, 6.45) is 1.25. The summed E-state index contributed by atoms with van der Waals surface area (Å²) in [4.78, 5) is 7.12. The Hall–Kier alpha value is -1.20. The van der Waals surface area contributed by atoms with Crippen LogP contribution in [-0.4, -0.2) is 35.8 Å². The van der Waals surface area contributed by atoms with Gasteiger partial charge in [0.15, 0.2) is 0 Å². The number of rotatable bonds is 3. The molecule has 18 heavy (non-hydrogen) atoms. The van der Waals surface area contributed by atoms with Crippen molar-refractivity contribution in [2.45, 2.75) is 32.4 Å². The van der Waals surface area contributed by atoms with Crippen LogP contribution in [0.2, 0.25) is 0 Å². The van der Waals surface area contributed by atoms with Gasteiger partial charge in [-0.25, -0.2) is 4.98 Å². The molecule has 2 rings (SSSR count). The lowest BCUT2D eigenvalue weighted by Gasteiger charge is -2.28. The maximum atomic E-state index is 5.69. The fraction of sp³-hybridized carbons (Fsp3) is 0.538. The van der Waals surface area contributed by atoms with Crippen LogP contribution in [0.4, 0.5) is 5.82 Å². The van der Waals surface area contributed by atoms with Crippen LogP contribution in [0.1, 0.15) is 24.6 Å². The number of anilines is 1. The number of thiocarbonyl (C=S) groups is 1. The first-order valence-corrected chi connectivity index (χ1v) is 6.53. The van der Waals surface area contributed by atoms with Crippen molar-refractivity contribution >= 4 is 23.0 Å². The number of nitrogens with zero attached hydrogens (tertiary/aromatic N) is 2. The maximum Gasteiger partial charge on any atom is 0.129 e. The summed E-state index contributed by atoms with van der Waals surface area (Å²) in [6, 6.07) is 4.22. The third kappa shape index (κ3) is 2.62. The largest absolute Gasteiger partial charge is 0.389 e. The first-order chi connectivity index (χ1) is 8.49. The molecule has 0 saturated carbocycles. The van der Waals surface area contributed by atoms with Crippen molar-refractivity contribution in [3.05, 3.63) is 23.4 Å². The second-order valence-corrected chi connectivity index (χ2v) is 5.20. The van der Waals surface area contributed by atoms with Gasteiger partial charge in [-0.15, -0.1) is 0 Å². The highest BCUT2D eigenvalue weighted by Crippen LogP contribution is 2.24. The van der Waals surface area contributed by atoms with Crippen LogP contribution in [0.5, 0.6) is 0 Å². The van der Waals surface area contributed by atoms with Gasteiger partial charge >= 0.3 is 0 Å². The van der Waals surface area contributed by atoms with Gasteiger partial charge in [0.2, 0.25) is 0 Å². The molecule has 2 unspecified atom stereocenters. The lowest BCUT2D eigenvalue weighted by Crippen LogP contribution is -2.37. The summed E-state index contributed by atoms with van der Waals surface area (Å²) >= 11 is 5.03. The molecule has 5 heteroatoms. The second-order valence-electron chi connectivity index (χ2n) is 4.76. The predicted octanol–water partition coefficient (Wildman–Crippen LogP) is 1.64. The Morgan fingerprint density at radius 1 is 1.56 bits per heavy atom. The van der Waals surface area contributed by atoms with Crippen LogP contribution in [0.3, 0.4) is 0 Å². The molecule has 2 N–H and O–H groups in total. The Balaban J connectivity index is 2.29. The average Bonchev–Trinajstić information content (AvgIpc) is 2.73. The zero-order valence-corrected chi connectivity index (χ0v) is 11.8. The van der Waals surface area contributed by atoms with Crippen molar-refractivity contribution in [3.8, 4) is 0 Å². The first-order valence-electron chi connectivity index (χ1n) is 6.12. The van der Waals surface area contributed by atoms with E-state index in [-0.39, 0.29) is 6.10 Å². The summed E-state index contributed by atoms with van der Waals surface area (Å²) in [5.74, 6) is 0.903. The SMILES string of the molecule is Cc1cc(C(N)=S)cc(N(C)C2CCOC2C)n1. The van der Waals surface area contributed by atoms with Crippen molar-refractivity contribution in [3.63, 3.8) is 0 Å². The molecular weight excluding hydrogens is 246 g/mol. The molecule has 0 bridgehead atoms. The van der Waals surface area contributed by atoms with Gasteiger partial charge in [0, 0.05) is 24.9 Å². The summed E-state index contributed by atoms with van der Waals surface area (Å²) < 4.78 is 5.60. The first kappa shape index (κ1) is 13.2. The number of aromatic nitrogens is 1. The zero-order valence-electron chi connectivity index (χ0n) is 11.0. The van der Waals surface area contributed by atoms with E-state index in [0.29, 0.717) is 11.0 Å². The highest BCUT2D eigenvalue weighted by molar-refractivity contribution is 7.80. The molecule has 1 aromatic heterocycles. The van der Waals surface area contributed by atoms with Gasteiger partial charge in [0.05, 0.1) is 12.1 Å². The highest BCUT2D eigenvalue weighted by Gasteiger charge is 2.28. The van der Waals surface area contributed by atoms with Gasteiger partial charge in [0.1, 0.15) is 10.8 Å². The van der Waals surface area contributed by atoms with E-state index >= 15 is 0 Å². The van der Waals surface area contributed by atoms with Crippen LogP contribution < -0.4 is 10.6 Å². The Morgan fingerprint density at radius 3 is 2.83 bits per heavy atom. The predicted molar refractivity (Wildman–Crippen MR) is 77.1 cm³/mol. The third-order valence-corrected chi connectivity index (χ3v) is 3.66. The van der Waals surface area contributed by atoms with Gasteiger partial charge in [-0.1, -0.05) is 12.2 Å². The minimum absolute atomic E-state index is 0.227. The highest BCUT2D eigenvalue weighted by atomic mass is 32.1. The molecule has 0 amide bonds. The molecule has 1 fully saturated rings. The minimum Gasteiger partial charge on any atom is -0.389 e. The molecule has 0 spiro atoms. The number of hydrogen-bond donors (Lipinski definition) is 1. The van der Waals surface area contributed by atoms with Crippen molar-refractivity contribution in [1.29, 1.82) is 0 Å². The average molecular weight is 265 g/mol. The zero-order chi connectivity index (χ0) is 13.3. The summed E-state index contributed by atoms with van der Waals surface area (Å²) in [5.41, 5.74) is 7.48. The second kappa shape index (κ2) is 5.20. The Labute approximate surface area is 113 Å². The lowest BCUT2D eigenvalue weighted by atomic mass is 10.1. The van der Waals surface area contributed by atoms with E-state index in [1.807, 2.05) is 26.1 Å². The van der Waals surface area contributed by atoms with E-state index in [4.69, 9.17) is 22.7 Å². The fourth-order valence-corrected chi connectivity index (χ4v) is 2.49. The molecule has 98 valence electrons. The smallest absolute Gasteiger partial charge is 0.129 e. The molecule has 0 aliphatic carbocycles. The number of likely N-dealkylation sites (N-methyl/N-ethyl adjacent to an activating group) is 1. The molecule has 1 aliphatic rings. The van der Waals surface area contributed by atoms with Crippen LogP contribution in [-0.2, 0) is 4.74 Å². The Kier molecular flexibility index (Phi) is 3.82. The van der Waals surface area contributed by atoms with Crippen LogP contribution in [0, 0.1) is 6.92 Å². The number of hydrogen-bond acceptors (Lipinski definition) is 4. The standard InChI is InChI=1S/C13H19N3OS/c1-8-6-10(13(14)18)7-12(15-8)16(3)11-4-5-17-9(11)2/h6-7,9,11H,4-5H2,1-3H3,(H2,14,18). The van der Waals surface area contributed by atoms with Crippen LogP contribution in [0.25, 0.3) is 0 Å². The third-order valence-electron chi connectivity index (χ3n) is 3.42. The number of ether oxygens (including phenoxy) is 1. The molecule has 4 nitrogen and oxygen atoms in total. The van der Waals surface area contributed by atoms with Gasteiger partial charge in [-0.05, 0) is 32.4 Å². The van der Waals surface area contributed by atoms with Crippen LogP contribution >= 0.6 is 12.2 Å². The van der Waals surface area contributed by atoms with Gasteiger partial charge < -0.3 is 15.4 Å². The van der Waals surface area contributed by atoms with E-state index in [1.165, 1.54) is 0 Å². The number of nitrogens with two attached hydrogens (primary N) is 1. The minimum atomic E-state index is 0.227. The quantitative estimate of drug-likeness (QED) is 0.842. The number of pyridine rings is 1. The maximum absolute atomic E-state index is 5.69. The molecule has 1 aromatic rings. The molecular formula is C13H19N3OS. The van der Waals surface area contributed by atoms with E-state index in [1.54, 1.807) is 0 Å². The van der Waals surface area contributed by atoms with Crippen LogP contribution in [0.15, 0.2) is 12.1 Å². The van der Waals surface area contributed by atoms with Crippen molar-refractivity contribution in [1.82, 2.24) is 4.98 Å². The Bertz CT molecular complexity index is 464. The van der Waals surface area contributed by atoms with Gasteiger partial charge in [0.25, 0.3) is 0 Å². The topological polar surface area (TPSA) is 51.4 Å². The van der Waals surface area contributed by atoms with E-state index < -0.39 is 0 Å². The van der Waals surface area contributed by atoms with Gasteiger partial charge in [-0.3, -0.25) is 0 Å². The summed E-state index contributed by atoms with van der Waals surface area (Å²) in [6.45, 7) is 4.86. The summed E-state index contributed by atoms with van der Waals surface area (Å²) in [5, 5.41) is 0. The molecule has 2 heterocycles. The van der Waals surface area contributed by atoms with E-state index in [9.17, 15) is 0 Å². The van der Waals surface area contributed by atoms with Crippen molar-refractivity contribution < 1.29 is 4.74 Å². The van der Waals surface area contributed by atoms with E-state index in [2.05, 4.69) is 16.8 Å². The Morgan fingerprint density at radius 2 is 2.28 bits per heavy atom. The fourth-order valence-electron chi connectivity index (χ4n) is 2.37. The molecule has 0 aromatic carbocycles. The van der Waals surface area contributed by atoms with E-state index in [0.717, 1.165) is 30.1 Å². The van der Waals surface area contributed by atoms with Crippen molar-refractivity contribution in [2.24, 2.45) is 5.73 Å². The molecule has 1 aliphatic heterocycles. The van der Waals surface area contributed by atoms with Gasteiger partial charge in [-0.2, -0.15) is 0 Å². The monoisotopic (exact) mass is 265 g/mol. The summed E-state index contributed by atoms with van der Waals surface area (Å²) in [7, 11) is 2.04. The molecule has 0 radical (unpaired) electrons. The lowest BCUT2D eigenvalue weighted by molar-refractivity contribution is 0.118. The normalized spacial score (nSPS) is 23.1. The molecule has 2 atom stereocenters. The van der Waals surface area contributed by atoms with Crippen molar-refractivity contribution in [2.75, 3.05) is 18.6 Å². The number of aryl methyl sites for hydroxylation is 1.